The van der Waals surface area contributed by atoms with Crippen LogP contribution in [0.25, 0.3) is 10.8 Å². The molecule has 1 N–H and O–H groups in total. The van der Waals surface area contributed by atoms with Gasteiger partial charge in [-0.05, 0) is 34.8 Å². The summed E-state index contributed by atoms with van der Waals surface area (Å²) in [6.07, 6.45) is 5.71. The van der Waals surface area contributed by atoms with Crippen molar-refractivity contribution in [1.82, 2.24) is 9.97 Å². The quantitative estimate of drug-likeness (QED) is 0.882. The molecule has 0 spiro atoms. The molecule has 1 amide bonds. The van der Waals surface area contributed by atoms with E-state index in [0.717, 1.165) is 22.7 Å². The van der Waals surface area contributed by atoms with E-state index < -0.39 is 0 Å². The maximum atomic E-state index is 11.7. The molecule has 2 aromatic rings. The van der Waals surface area contributed by atoms with Crippen LogP contribution in [0.3, 0.4) is 0 Å². The summed E-state index contributed by atoms with van der Waals surface area (Å²) in [5.74, 6) is 0.629. The first-order chi connectivity index (χ1) is 9.19. The number of carbonyl (C=O) groups excluding carboxylic acids is 2. The van der Waals surface area contributed by atoms with Crippen LogP contribution < -0.4 is 5.32 Å². The van der Waals surface area contributed by atoms with E-state index in [-0.39, 0.29) is 11.8 Å². The molecule has 6 heteroatoms. The summed E-state index contributed by atoms with van der Waals surface area (Å²) in [7, 11) is 0. The van der Waals surface area contributed by atoms with Gasteiger partial charge in [0.15, 0.2) is 6.29 Å². The number of carbonyl (C=O) groups is 2. The van der Waals surface area contributed by atoms with Crippen molar-refractivity contribution in [3.63, 3.8) is 0 Å². The van der Waals surface area contributed by atoms with Gasteiger partial charge < -0.3 is 5.32 Å². The van der Waals surface area contributed by atoms with Crippen molar-refractivity contribution in [3.8, 4) is 0 Å². The zero-order valence-corrected chi connectivity index (χ0v) is 11.5. The van der Waals surface area contributed by atoms with Gasteiger partial charge in [-0.15, -0.1) is 0 Å². The summed E-state index contributed by atoms with van der Waals surface area (Å²) in [6.45, 7) is 0. The number of nitrogens with zero attached hydrogens (tertiary/aromatic N) is 2. The number of aldehydes is 1. The molecule has 0 atom stereocenters. The lowest BCUT2D eigenvalue weighted by Gasteiger charge is -2.07. The van der Waals surface area contributed by atoms with E-state index >= 15 is 0 Å². The molecule has 96 valence electrons. The summed E-state index contributed by atoms with van der Waals surface area (Å²) in [5.41, 5.74) is 0.339. The smallest absolute Gasteiger partial charge is 0.228 e. The summed E-state index contributed by atoms with van der Waals surface area (Å²) in [5, 5.41) is 4.25. The van der Waals surface area contributed by atoms with Crippen LogP contribution in [0, 0.1) is 5.92 Å². The second-order valence-electron chi connectivity index (χ2n) is 4.49. The molecule has 0 bridgehead atoms. The lowest BCUT2D eigenvalue weighted by molar-refractivity contribution is -0.117. The van der Waals surface area contributed by atoms with Gasteiger partial charge >= 0.3 is 0 Å². The highest BCUT2D eigenvalue weighted by molar-refractivity contribution is 9.10. The zero-order valence-electron chi connectivity index (χ0n) is 9.89. The molecule has 0 saturated heterocycles. The molecule has 2 heterocycles. The maximum absolute atomic E-state index is 11.7. The molecule has 0 unspecified atom stereocenters. The second kappa shape index (κ2) is 4.70. The third-order valence-electron chi connectivity index (χ3n) is 3.07. The maximum Gasteiger partial charge on any atom is 0.228 e. The molecule has 0 aliphatic heterocycles. The summed E-state index contributed by atoms with van der Waals surface area (Å²) in [4.78, 5) is 30.8. The third-order valence-corrected chi connectivity index (χ3v) is 3.70. The molecule has 1 saturated carbocycles. The minimum Gasteiger partial charge on any atom is -0.310 e. The zero-order chi connectivity index (χ0) is 13.4. The number of nitrogens with one attached hydrogen (secondary N) is 1. The van der Waals surface area contributed by atoms with Crippen molar-refractivity contribution in [3.05, 3.63) is 28.6 Å². The average Bonchev–Trinajstić information content (AvgIpc) is 3.24. The van der Waals surface area contributed by atoms with Crippen molar-refractivity contribution < 1.29 is 9.59 Å². The molecule has 1 aliphatic rings. The number of fused-ring (bicyclic) bond motifs is 1. The molecule has 0 radical (unpaired) electrons. The van der Waals surface area contributed by atoms with E-state index in [9.17, 15) is 9.59 Å². The van der Waals surface area contributed by atoms with E-state index in [1.807, 2.05) is 0 Å². The van der Waals surface area contributed by atoms with Crippen LogP contribution in [0.1, 0.15) is 23.3 Å². The number of anilines is 1. The van der Waals surface area contributed by atoms with Gasteiger partial charge in [0.25, 0.3) is 0 Å². The molecular formula is C13H10BrN3O2. The minimum absolute atomic E-state index is 0.00707. The van der Waals surface area contributed by atoms with E-state index in [1.165, 1.54) is 0 Å². The number of halogens is 1. The predicted octanol–water partition coefficient (Wildman–Crippen LogP) is 2.55. The van der Waals surface area contributed by atoms with E-state index in [0.29, 0.717) is 23.2 Å². The Morgan fingerprint density at radius 3 is 2.79 bits per heavy atom. The SMILES string of the molecule is O=Cc1ncc(Br)c2cc(NC(=O)C3CC3)ncc12. The van der Waals surface area contributed by atoms with Gasteiger partial charge in [0.2, 0.25) is 5.91 Å². The number of hydrogen-bond acceptors (Lipinski definition) is 4. The van der Waals surface area contributed by atoms with Crippen LogP contribution in [0.5, 0.6) is 0 Å². The van der Waals surface area contributed by atoms with E-state index in [2.05, 4.69) is 31.2 Å². The van der Waals surface area contributed by atoms with Crippen LogP contribution in [0.15, 0.2) is 22.9 Å². The Kier molecular flexibility index (Phi) is 3.02. The van der Waals surface area contributed by atoms with Crippen LogP contribution >= 0.6 is 15.9 Å². The lowest BCUT2D eigenvalue weighted by Crippen LogP contribution is -2.14. The lowest BCUT2D eigenvalue weighted by atomic mass is 10.1. The Balaban J connectivity index is 2.02. The highest BCUT2D eigenvalue weighted by atomic mass is 79.9. The number of hydrogen-bond donors (Lipinski definition) is 1. The number of rotatable bonds is 3. The van der Waals surface area contributed by atoms with E-state index in [4.69, 9.17) is 0 Å². The van der Waals surface area contributed by atoms with Crippen LogP contribution in [0.2, 0.25) is 0 Å². The summed E-state index contributed by atoms with van der Waals surface area (Å²) in [6, 6.07) is 1.74. The fourth-order valence-corrected chi connectivity index (χ4v) is 2.29. The molecule has 1 aliphatic carbocycles. The fourth-order valence-electron chi connectivity index (χ4n) is 1.86. The topological polar surface area (TPSA) is 72.0 Å². The number of amides is 1. The minimum atomic E-state index is 0.00707. The molecule has 0 aromatic carbocycles. The van der Waals surface area contributed by atoms with Gasteiger partial charge in [-0.2, -0.15) is 0 Å². The molecule has 3 rings (SSSR count). The monoisotopic (exact) mass is 319 g/mol. The Hall–Kier alpha value is -1.82. The van der Waals surface area contributed by atoms with Crippen LogP contribution in [-0.4, -0.2) is 22.2 Å². The summed E-state index contributed by atoms with van der Waals surface area (Å²) >= 11 is 3.38. The second-order valence-corrected chi connectivity index (χ2v) is 5.34. The number of aromatic nitrogens is 2. The highest BCUT2D eigenvalue weighted by Crippen LogP contribution is 2.31. The average molecular weight is 320 g/mol. The van der Waals surface area contributed by atoms with Gasteiger partial charge in [0.05, 0.1) is 0 Å². The van der Waals surface area contributed by atoms with Crippen molar-refractivity contribution in [1.29, 1.82) is 0 Å². The first-order valence-electron chi connectivity index (χ1n) is 5.89. The van der Waals surface area contributed by atoms with E-state index in [1.54, 1.807) is 18.5 Å². The van der Waals surface area contributed by atoms with Crippen LogP contribution in [0.4, 0.5) is 5.82 Å². The molecule has 19 heavy (non-hydrogen) atoms. The normalized spacial score (nSPS) is 14.4. The molecule has 5 nitrogen and oxygen atoms in total. The fraction of sp³-hybridized carbons (Fsp3) is 0.231. The number of pyridine rings is 2. The van der Waals surface area contributed by atoms with Gasteiger partial charge in [-0.3, -0.25) is 14.6 Å². The van der Waals surface area contributed by atoms with Gasteiger partial charge in [0.1, 0.15) is 11.5 Å². The van der Waals surface area contributed by atoms with Gasteiger partial charge in [0, 0.05) is 33.6 Å². The Bertz CT molecular complexity index is 683. The molecular weight excluding hydrogens is 310 g/mol. The van der Waals surface area contributed by atoms with Crippen LogP contribution in [-0.2, 0) is 4.79 Å². The van der Waals surface area contributed by atoms with Gasteiger partial charge in [-0.1, -0.05) is 0 Å². The standard InChI is InChI=1S/C13H10BrN3O2/c14-10-5-15-11(6-18)9-4-16-12(3-8(9)10)17-13(19)7-1-2-7/h3-7H,1-2H2,(H,16,17,19). The first-order valence-corrected chi connectivity index (χ1v) is 6.68. The predicted molar refractivity (Wildman–Crippen MR) is 74.0 cm³/mol. The summed E-state index contributed by atoms with van der Waals surface area (Å²) < 4.78 is 0.762. The van der Waals surface area contributed by atoms with Crippen molar-refractivity contribution in [2.75, 3.05) is 5.32 Å². The molecule has 2 aromatic heterocycles. The first kappa shape index (κ1) is 12.2. The Morgan fingerprint density at radius 1 is 1.32 bits per heavy atom. The highest BCUT2D eigenvalue weighted by Gasteiger charge is 2.29. The Labute approximate surface area is 117 Å². The third kappa shape index (κ3) is 2.35. The largest absolute Gasteiger partial charge is 0.310 e. The molecule has 1 fully saturated rings. The van der Waals surface area contributed by atoms with Crippen molar-refractivity contribution in [2.45, 2.75) is 12.8 Å². The Morgan fingerprint density at radius 2 is 2.11 bits per heavy atom. The van der Waals surface area contributed by atoms with Crippen molar-refractivity contribution in [2.24, 2.45) is 5.92 Å². The van der Waals surface area contributed by atoms with Crippen molar-refractivity contribution >= 4 is 44.7 Å². The van der Waals surface area contributed by atoms with Gasteiger partial charge in [-0.25, -0.2) is 4.98 Å².